The van der Waals surface area contributed by atoms with E-state index in [4.69, 9.17) is 22.1 Å². The summed E-state index contributed by atoms with van der Waals surface area (Å²) in [5, 5.41) is 7.99. The third kappa shape index (κ3) is 6.39. The van der Waals surface area contributed by atoms with E-state index in [2.05, 4.69) is 15.4 Å². The highest BCUT2D eigenvalue weighted by Gasteiger charge is 2.55. The molecule has 1 fully saturated rings. The van der Waals surface area contributed by atoms with Gasteiger partial charge < -0.3 is 20.7 Å². The maximum atomic E-state index is 13.9. The lowest BCUT2D eigenvalue weighted by Crippen LogP contribution is -2.62. The van der Waals surface area contributed by atoms with Gasteiger partial charge in [0.25, 0.3) is 12.3 Å². The number of carbonyl (C=O) groups excluding carboxylic acids is 3. The van der Waals surface area contributed by atoms with Crippen LogP contribution in [0.1, 0.15) is 26.0 Å². The van der Waals surface area contributed by atoms with Gasteiger partial charge in [-0.3, -0.25) is 19.4 Å². The van der Waals surface area contributed by atoms with E-state index in [0.717, 1.165) is 5.01 Å². The highest BCUT2D eigenvalue weighted by atomic mass is 35.5. The second-order valence-electron chi connectivity index (χ2n) is 10.4. The average molecular weight is 577 g/mol. The van der Waals surface area contributed by atoms with Crippen LogP contribution in [0.4, 0.5) is 8.78 Å². The lowest BCUT2D eigenvalue weighted by atomic mass is 9.74. The van der Waals surface area contributed by atoms with Crippen molar-refractivity contribution >= 4 is 35.0 Å². The number of likely N-dealkylation sites (tertiary alicyclic amines) is 1. The Balaban J connectivity index is 1.62. The molecule has 0 spiro atoms. The van der Waals surface area contributed by atoms with E-state index in [1.165, 1.54) is 18.7 Å². The van der Waals surface area contributed by atoms with Gasteiger partial charge in [0, 0.05) is 37.8 Å². The largest absolute Gasteiger partial charge is 0.489 e. The topological polar surface area (TPSA) is 130 Å². The predicted molar refractivity (Wildman–Crippen MR) is 144 cm³/mol. The molecule has 0 bridgehead atoms. The van der Waals surface area contributed by atoms with Gasteiger partial charge in [0.1, 0.15) is 30.4 Å². The number of para-hydroxylation sites is 1. The first-order chi connectivity index (χ1) is 18.9. The zero-order chi connectivity index (χ0) is 29.1. The average Bonchev–Trinajstić information content (AvgIpc) is 3.16. The number of alkyl halides is 2. The first kappa shape index (κ1) is 29.3. The molecular formula is C27H31ClF2N6O4. The molecule has 1 aromatic carbocycles. The molecule has 0 unspecified atom stereocenters. The Morgan fingerprint density at radius 2 is 1.95 bits per heavy atom. The van der Waals surface area contributed by atoms with Crippen molar-refractivity contribution in [3.05, 3.63) is 59.4 Å². The first-order valence-electron chi connectivity index (χ1n) is 12.7. The smallest absolute Gasteiger partial charge is 0.258 e. The van der Waals surface area contributed by atoms with Crippen molar-refractivity contribution in [3.8, 4) is 5.75 Å². The van der Waals surface area contributed by atoms with E-state index in [1.54, 1.807) is 48.7 Å². The van der Waals surface area contributed by atoms with Crippen LogP contribution in [-0.4, -0.2) is 82.6 Å². The maximum absolute atomic E-state index is 13.9. The number of nitrogens with zero attached hydrogens (tertiary/aromatic N) is 4. The quantitative estimate of drug-likeness (QED) is 0.446. The number of carbonyl (C=O) groups is 3. The molecule has 3 heterocycles. The van der Waals surface area contributed by atoms with Gasteiger partial charge in [0.05, 0.1) is 16.3 Å². The minimum atomic E-state index is -2.78. The van der Waals surface area contributed by atoms with E-state index in [-0.39, 0.29) is 32.5 Å². The van der Waals surface area contributed by atoms with E-state index >= 15 is 0 Å². The molecule has 2 atom stereocenters. The number of hydrogen-bond donors (Lipinski definition) is 2. The number of hydrazone groups is 1. The lowest BCUT2D eigenvalue weighted by Gasteiger charge is -2.40. The molecule has 2 aliphatic rings. The molecule has 2 aliphatic heterocycles. The van der Waals surface area contributed by atoms with Crippen LogP contribution in [0, 0.1) is 5.41 Å². The first-order valence-corrected chi connectivity index (χ1v) is 13.1. The Labute approximate surface area is 235 Å². The van der Waals surface area contributed by atoms with Gasteiger partial charge >= 0.3 is 0 Å². The highest BCUT2D eigenvalue weighted by Crippen LogP contribution is 2.39. The molecule has 0 aliphatic carbocycles. The molecule has 1 saturated heterocycles. The molecule has 40 heavy (non-hydrogen) atoms. The summed E-state index contributed by atoms with van der Waals surface area (Å²) in [7, 11) is 0. The third-order valence-corrected chi connectivity index (χ3v) is 7.09. The van der Waals surface area contributed by atoms with E-state index in [9.17, 15) is 23.2 Å². The van der Waals surface area contributed by atoms with Gasteiger partial charge in [-0.1, -0.05) is 29.8 Å². The van der Waals surface area contributed by atoms with Crippen molar-refractivity contribution in [2.45, 2.75) is 44.7 Å². The number of rotatable bonds is 10. The Hall–Kier alpha value is -3.64. The van der Waals surface area contributed by atoms with Crippen molar-refractivity contribution in [3.63, 3.8) is 0 Å². The van der Waals surface area contributed by atoms with Gasteiger partial charge in [0.2, 0.25) is 11.8 Å². The Morgan fingerprint density at radius 3 is 2.60 bits per heavy atom. The van der Waals surface area contributed by atoms with Crippen LogP contribution >= 0.6 is 11.6 Å². The maximum Gasteiger partial charge on any atom is 0.258 e. The minimum Gasteiger partial charge on any atom is -0.489 e. The van der Waals surface area contributed by atoms with Crippen molar-refractivity contribution in [2.75, 3.05) is 26.2 Å². The summed E-state index contributed by atoms with van der Waals surface area (Å²) in [6.45, 7) is 1.90. The fraction of sp³-hybridized carbons (Fsp3) is 0.444. The standard InChI is InChI=1S/C27H31ClF2N6O4/c1-26(2,31)24(38)33-19(15-40-20-9-4-3-8-18(20)28)23(37)35-12-10-21-27(16-35,13-17-7-5-6-11-32-17)25(39)36(34-21)14-22(29)30/h3-9,11,19,22H,10,12-16,31H2,1-2H3,(H,33,38)/t19-,27-/m1/s1. The summed E-state index contributed by atoms with van der Waals surface area (Å²) in [5.41, 5.74) is 4.26. The van der Waals surface area contributed by atoms with Crippen LogP contribution in [0.3, 0.4) is 0 Å². The van der Waals surface area contributed by atoms with Crippen LogP contribution in [0.5, 0.6) is 5.75 Å². The van der Waals surface area contributed by atoms with Gasteiger partial charge in [-0.15, -0.1) is 0 Å². The number of halogens is 3. The number of amides is 3. The van der Waals surface area contributed by atoms with Gasteiger partial charge in [-0.25, -0.2) is 13.8 Å². The minimum absolute atomic E-state index is 0.0675. The summed E-state index contributed by atoms with van der Waals surface area (Å²) >= 11 is 6.19. The molecular weight excluding hydrogens is 546 g/mol. The number of fused-ring (bicyclic) bond motifs is 1. The van der Waals surface area contributed by atoms with E-state index < -0.39 is 47.7 Å². The molecule has 3 amide bonds. The number of aromatic nitrogens is 1. The predicted octanol–water partition coefficient (Wildman–Crippen LogP) is 2.26. The number of nitrogens with two attached hydrogens (primary N) is 1. The second kappa shape index (κ2) is 11.8. The number of benzene rings is 1. The van der Waals surface area contributed by atoms with Crippen molar-refractivity contribution < 1.29 is 27.9 Å². The van der Waals surface area contributed by atoms with E-state index in [0.29, 0.717) is 22.2 Å². The Kier molecular flexibility index (Phi) is 8.69. The molecule has 0 saturated carbocycles. The summed E-state index contributed by atoms with van der Waals surface area (Å²) < 4.78 is 32.3. The fourth-order valence-electron chi connectivity index (χ4n) is 4.71. The Morgan fingerprint density at radius 1 is 1.23 bits per heavy atom. The summed E-state index contributed by atoms with van der Waals surface area (Å²) in [6, 6.07) is 10.7. The number of hydrogen-bond acceptors (Lipinski definition) is 7. The van der Waals surface area contributed by atoms with Crippen LogP contribution in [0.15, 0.2) is 53.8 Å². The zero-order valence-electron chi connectivity index (χ0n) is 22.1. The number of piperidine rings is 1. The number of nitrogens with one attached hydrogen (secondary N) is 1. The lowest BCUT2D eigenvalue weighted by molar-refractivity contribution is -0.144. The molecule has 2 aromatic rings. The Bertz CT molecular complexity index is 1290. The van der Waals surface area contributed by atoms with Crippen LogP contribution < -0.4 is 15.8 Å². The van der Waals surface area contributed by atoms with Crippen molar-refractivity contribution in [1.29, 1.82) is 0 Å². The molecule has 3 N–H and O–H groups in total. The summed E-state index contributed by atoms with van der Waals surface area (Å²) in [6.07, 6.45) is -0.965. The third-order valence-electron chi connectivity index (χ3n) is 6.78. The van der Waals surface area contributed by atoms with Crippen LogP contribution in [0.2, 0.25) is 5.02 Å². The molecule has 13 heteroatoms. The zero-order valence-corrected chi connectivity index (χ0v) is 22.9. The molecule has 214 valence electrons. The van der Waals surface area contributed by atoms with Gasteiger partial charge in [0.15, 0.2) is 0 Å². The van der Waals surface area contributed by atoms with Crippen LogP contribution in [0.25, 0.3) is 0 Å². The number of pyridine rings is 1. The normalized spacial score (nSPS) is 19.8. The van der Waals surface area contributed by atoms with E-state index in [1.807, 2.05) is 0 Å². The fourth-order valence-corrected chi connectivity index (χ4v) is 4.90. The molecule has 1 aromatic heterocycles. The van der Waals surface area contributed by atoms with Gasteiger partial charge in [-0.2, -0.15) is 5.10 Å². The van der Waals surface area contributed by atoms with Crippen molar-refractivity contribution in [2.24, 2.45) is 16.3 Å². The number of ether oxygens (including phenoxy) is 1. The summed E-state index contributed by atoms with van der Waals surface area (Å²) in [5.74, 6) is -1.42. The monoisotopic (exact) mass is 576 g/mol. The van der Waals surface area contributed by atoms with Gasteiger partial charge in [-0.05, 0) is 38.1 Å². The summed E-state index contributed by atoms with van der Waals surface area (Å²) in [4.78, 5) is 46.0. The second-order valence-corrected chi connectivity index (χ2v) is 10.8. The highest BCUT2D eigenvalue weighted by molar-refractivity contribution is 6.32. The SMILES string of the molecule is CC(C)(N)C(=O)N[C@H](COc1ccccc1Cl)C(=O)N1CCC2=NN(CC(F)F)C(=O)[C@]2(Cc2ccccn2)C1. The molecule has 0 radical (unpaired) electrons. The molecule has 4 rings (SSSR count). The van der Waals surface area contributed by atoms with Crippen LogP contribution in [-0.2, 0) is 20.8 Å². The molecule has 10 nitrogen and oxygen atoms in total. The van der Waals surface area contributed by atoms with Crippen molar-refractivity contribution in [1.82, 2.24) is 20.2 Å².